The number of nitrogens with zero attached hydrogens (tertiary/aromatic N) is 2. The minimum absolute atomic E-state index is 0.0407. The molecule has 2 heterocycles. The molecule has 1 N–H and O–H groups in total. The van der Waals surface area contributed by atoms with Gasteiger partial charge in [0, 0.05) is 30.6 Å². The lowest BCUT2D eigenvalue weighted by atomic mass is 9.95. The van der Waals surface area contributed by atoms with Crippen LogP contribution in [0.25, 0.3) is 0 Å². The molecule has 0 atom stereocenters. The van der Waals surface area contributed by atoms with Crippen LogP contribution in [-0.4, -0.2) is 48.1 Å². The molecule has 1 saturated heterocycles. The lowest BCUT2D eigenvalue weighted by Crippen LogP contribution is -2.44. The predicted octanol–water partition coefficient (Wildman–Crippen LogP) is 3.26. The van der Waals surface area contributed by atoms with Gasteiger partial charge in [-0.1, -0.05) is 5.16 Å². The second-order valence-electron chi connectivity index (χ2n) is 8.19. The van der Waals surface area contributed by atoms with Gasteiger partial charge >= 0.3 is 0 Å². The van der Waals surface area contributed by atoms with Gasteiger partial charge in [-0.3, -0.25) is 9.59 Å². The number of benzene rings is 1. The van der Waals surface area contributed by atoms with Gasteiger partial charge in [0.25, 0.3) is 5.91 Å². The zero-order valence-corrected chi connectivity index (χ0v) is 18.9. The van der Waals surface area contributed by atoms with Crippen LogP contribution in [-0.2, 0) is 11.4 Å². The molecule has 1 aliphatic heterocycles. The van der Waals surface area contributed by atoms with E-state index >= 15 is 0 Å². The number of likely N-dealkylation sites (tertiary alicyclic amines) is 1. The Morgan fingerprint density at radius 2 is 1.94 bits per heavy atom. The third kappa shape index (κ3) is 5.37. The van der Waals surface area contributed by atoms with E-state index in [1.807, 2.05) is 27.7 Å². The molecule has 8 nitrogen and oxygen atoms in total. The quantitative estimate of drug-likeness (QED) is 0.726. The summed E-state index contributed by atoms with van der Waals surface area (Å²) in [4.78, 5) is 27.0. The second kappa shape index (κ2) is 9.85. The average Bonchev–Trinajstić information content (AvgIpc) is 3.08. The maximum Gasteiger partial charge on any atom is 0.253 e. The van der Waals surface area contributed by atoms with Crippen LogP contribution in [0.3, 0.4) is 0 Å². The molecule has 0 unspecified atom stereocenters. The van der Waals surface area contributed by atoms with Gasteiger partial charge in [0.1, 0.15) is 12.4 Å². The molecule has 0 saturated carbocycles. The predicted molar refractivity (Wildman–Crippen MR) is 115 cm³/mol. The molecule has 2 aromatic rings. The van der Waals surface area contributed by atoms with E-state index in [1.165, 1.54) is 0 Å². The van der Waals surface area contributed by atoms with Gasteiger partial charge in [-0.2, -0.15) is 0 Å². The summed E-state index contributed by atoms with van der Waals surface area (Å²) in [5.74, 6) is 1.71. The Bertz CT molecular complexity index is 910. The molecule has 1 fully saturated rings. The van der Waals surface area contributed by atoms with Crippen LogP contribution < -0.4 is 14.8 Å². The zero-order valence-electron chi connectivity index (χ0n) is 18.9. The molecular weight excluding hydrogens is 398 g/mol. The molecule has 168 valence electrons. The Morgan fingerprint density at radius 1 is 1.23 bits per heavy atom. The van der Waals surface area contributed by atoms with Crippen LogP contribution in [0.1, 0.15) is 54.1 Å². The number of carbonyl (C=O) groups excluding carboxylic acids is 2. The SMILES string of the molecule is COc1cc(C(=O)N2CCC(C(=O)NC(C)C)CC2)ccc1OCc1c(C)noc1C. The van der Waals surface area contributed by atoms with Gasteiger partial charge in [0.2, 0.25) is 5.91 Å². The van der Waals surface area contributed by atoms with Crippen molar-refractivity contribution in [2.24, 2.45) is 5.92 Å². The van der Waals surface area contributed by atoms with E-state index in [4.69, 9.17) is 14.0 Å². The molecule has 3 rings (SSSR count). The summed E-state index contributed by atoms with van der Waals surface area (Å²) >= 11 is 0. The van der Waals surface area contributed by atoms with Crippen LogP contribution in [0.4, 0.5) is 0 Å². The first-order valence-electron chi connectivity index (χ1n) is 10.6. The van der Waals surface area contributed by atoms with Crippen LogP contribution >= 0.6 is 0 Å². The first-order valence-corrected chi connectivity index (χ1v) is 10.6. The normalized spacial score (nSPS) is 14.6. The Hall–Kier alpha value is -3.03. The van der Waals surface area contributed by atoms with E-state index in [0.717, 1.165) is 11.3 Å². The number of ether oxygens (including phenoxy) is 2. The summed E-state index contributed by atoms with van der Waals surface area (Å²) in [5, 5.41) is 6.88. The molecule has 8 heteroatoms. The Balaban J connectivity index is 1.63. The number of carbonyl (C=O) groups is 2. The smallest absolute Gasteiger partial charge is 0.253 e. The maximum absolute atomic E-state index is 13.0. The number of aryl methyl sites for hydroxylation is 2. The number of hydrogen-bond donors (Lipinski definition) is 1. The summed E-state index contributed by atoms with van der Waals surface area (Å²) in [6.45, 7) is 9.02. The van der Waals surface area contributed by atoms with E-state index in [1.54, 1.807) is 30.2 Å². The van der Waals surface area contributed by atoms with Crippen molar-refractivity contribution in [2.75, 3.05) is 20.2 Å². The van der Waals surface area contributed by atoms with Crippen LogP contribution in [0.15, 0.2) is 22.7 Å². The highest BCUT2D eigenvalue weighted by molar-refractivity contribution is 5.95. The van der Waals surface area contributed by atoms with Crippen LogP contribution in [0.2, 0.25) is 0 Å². The van der Waals surface area contributed by atoms with Crippen molar-refractivity contribution >= 4 is 11.8 Å². The molecule has 2 amide bonds. The first kappa shape index (κ1) is 22.7. The summed E-state index contributed by atoms with van der Waals surface area (Å²) in [5.41, 5.74) is 2.21. The van der Waals surface area contributed by atoms with Gasteiger partial charge in [0.15, 0.2) is 11.5 Å². The molecular formula is C23H31N3O5. The largest absolute Gasteiger partial charge is 0.493 e. The molecule has 0 bridgehead atoms. The van der Waals surface area contributed by atoms with Crippen molar-refractivity contribution < 1.29 is 23.6 Å². The molecule has 0 aliphatic carbocycles. The fraction of sp³-hybridized carbons (Fsp3) is 0.522. The molecule has 1 aromatic carbocycles. The van der Waals surface area contributed by atoms with Gasteiger partial charge in [-0.25, -0.2) is 0 Å². The van der Waals surface area contributed by atoms with E-state index in [9.17, 15) is 9.59 Å². The van der Waals surface area contributed by atoms with Gasteiger partial charge < -0.3 is 24.2 Å². The van der Waals surface area contributed by atoms with E-state index < -0.39 is 0 Å². The highest BCUT2D eigenvalue weighted by atomic mass is 16.5. The Labute approximate surface area is 182 Å². The minimum Gasteiger partial charge on any atom is -0.493 e. The Kier molecular flexibility index (Phi) is 7.20. The molecule has 0 spiro atoms. The number of rotatable bonds is 7. The molecule has 0 radical (unpaired) electrons. The first-order chi connectivity index (χ1) is 14.8. The average molecular weight is 430 g/mol. The van der Waals surface area contributed by atoms with E-state index in [-0.39, 0.29) is 23.8 Å². The van der Waals surface area contributed by atoms with Gasteiger partial charge in [-0.05, 0) is 58.7 Å². The van der Waals surface area contributed by atoms with Crippen molar-refractivity contribution in [1.29, 1.82) is 0 Å². The highest BCUT2D eigenvalue weighted by Gasteiger charge is 2.28. The second-order valence-corrected chi connectivity index (χ2v) is 8.19. The van der Waals surface area contributed by atoms with Crippen molar-refractivity contribution in [1.82, 2.24) is 15.4 Å². The van der Waals surface area contributed by atoms with E-state index in [2.05, 4.69) is 10.5 Å². The highest BCUT2D eigenvalue weighted by Crippen LogP contribution is 2.30. The van der Waals surface area contributed by atoms with Crippen molar-refractivity contribution in [3.8, 4) is 11.5 Å². The van der Waals surface area contributed by atoms with E-state index in [0.29, 0.717) is 55.4 Å². The Morgan fingerprint density at radius 3 is 2.52 bits per heavy atom. The molecule has 31 heavy (non-hydrogen) atoms. The van der Waals surface area contributed by atoms with Gasteiger partial charge in [0.05, 0.1) is 18.4 Å². The number of nitrogens with one attached hydrogen (secondary N) is 1. The third-order valence-corrected chi connectivity index (χ3v) is 5.55. The van der Waals surface area contributed by atoms with Crippen LogP contribution in [0, 0.1) is 19.8 Å². The summed E-state index contributed by atoms with van der Waals surface area (Å²) in [6.07, 6.45) is 1.33. The number of piperidine rings is 1. The number of amides is 2. The summed E-state index contributed by atoms with van der Waals surface area (Å²) in [7, 11) is 1.55. The molecule has 1 aromatic heterocycles. The van der Waals surface area contributed by atoms with Crippen molar-refractivity contribution in [3.05, 3.63) is 40.8 Å². The fourth-order valence-electron chi connectivity index (χ4n) is 3.71. The van der Waals surface area contributed by atoms with Crippen LogP contribution in [0.5, 0.6) is 11.5 Å². The number of methoxy groups -OCH3 is 1. The van der Waals surface area contributed by atoms with Crippen molar-refractivity contribution in [3.63, 3.8) is 0 Å². The minimum atomic E-state index is -0.0710. The zero-order chi connectivity index (χ0) is 22.5. The monoisotopic (exact) mass is 429 g/mol. The third-order valence-electron chi connectivity index (χ3n) is 5.55. The molecule has 1 aliphatic rings. The lowest BCUT2D eigenvalue weighted by Gasteiger charge is -2.32. The number of aromatic nitrogens is 1. The standard InChI is InChI=1S/C23H31N3O5/c1-14(2)24-22(27)17-8-10-26(11-9-17)23(28)18-6-7-20(21(12-18)29-5)30-13-19-15(3)25-31-16(19)4/h6-7,12,14,17H,8-11,13H2,1-5H3,(H,24,27). The topological polar surface area (TPSA) is 93.9 Å². The maximum atomic E-state index is 13.0. The lowest BCUT2D eigenvalue weighted by molar-refractivity contribution is -0.126. The summed E-state index contributed by atoms with van der Waals surface area (Å²) in [6, 6.07) is 5.30. The number of hydrogen-bond acceptors (Lipinski definition) is 6. The van der Waals surface area contributed by atoms with Crippen molar-refractivity contribution in [2.45, 2.75) is 53.2 Å². The fourth-order valence-corrected chi connectivity index (χ4v) is 3.71. The summed E-state index contributed by atoms with van der Waals surface area (Å²) < 4.78 is 16.5. The van der Waals surface area contributed by atoms with Gasteiger partial charge in [-0.15, -0.1) is 0 Å².